The van der Waals surface area contributed by atoms with Gasteiger partial charge >= 0.3 is 5.97 Å². The summed E-state index contributed by atoms with van der Waals surface area (Å²) >= 11 is 1.75. The van der Waals surface area contributed by atoms with Crippen LogP contribution in [0.4, 0.5) is 0 Å². The third-order valence-corrected chi connectivity index (χ3v) is 3.92. The summed E-state index contributed by atoms with van der Waals surface area (Å²) < 4.78 is 5.10. The smallest absolute Gasteiger partial charge is 0.323 e. The molecule has 1 aliphatic carbocycles. The SMILES string of the molecule is CCOC(=O)C(C)N(Cc1cccs1)C1CC1. The van der Waals surface area contributed by atoms with Crippen LogP contribution in [0.15, 0.2) is 17.5 Å². The molecule has 0 bridgehead atoms. The maximum Gasteiger partial charge on any atom is 0.323 e. The van der Waals surface area contributed by atoms with E-state index in [1.54, 1.807) is 11.3 Å². The Balaban J connectivity index is 1.99. The summed E-state index contributed by atoms with van der Waals surface area (Å²) in [5.74, 6) is -0.101. The van der Waals surface area contributed by atoms with E-state index in [0.717, 1.165) is 6.54 Å². The topological polar surface area (TPSA) is 29.5 Å². The first-order chi connectivity index (χ1) is 8.22. The highest BCUT2D eigenvalue weighted by Crippen LogP contribution is 2.31. The molecule has 0 aliphatic heterocycles. The standard InChI is InChI=1S/C13H19NO2S/c1-3-16-13(15)10(2)14(11-6-7-11)9-12-5-4-8-17-12/h4-5,8,10-11H,3,6-7,9H2,1-2H3. The molecule has 1 unspecified atom stereocenters. The van der Waals surface area contributed by atoms with E-state index in [1.165, 1.54) is 17.7 Å². The van der Waals surface area contributed by atoms with Gasteiger partial charge in [-0.3, -0.25) is 9.69 Å². The minimum absolute atomic E-state index is 0.101. The van der Waals surface area contributed by atoms with Gasteiger partial charge in [0.05, 0.1) is 6.61 Å². The van der Waals surface area contributed by atoms with Gasteiger partial charge in [0.25, 0.3) is 0 Å². The summed E-state index contributed by atoms with van der Waals surface area (Å²) in [6.07, 6.45) is 2.41. The van der Waals surface area contributed by atoms with Crippen molar-refractivity contribution in [2.24, 2.45) is 0 Å². The van der Waals surface area contributed by atoms with Crippen molar-refractivity contribution in [1.82, 2.24) is 4.90 Å². The van der Waals surface area contributed by atoms with Gasteiger partial charge in [-0.1, -0.05) is 6.07 Å². The van der Waals surface area contributed by atoms with Gasteiger partial charge < -0.3 is 4.74 Å². The van der Waals surface area contributed by atoms with Crippen LogP contribution in [-0.2, 0) is 16.1 Å². The van der Waals surface area contributed by atoms with Crippen LogP contribution in [0.25, 0.3) is 0 Å². The number of ether oxygens (including phenoxy) is 1. The Morgan fingerprint density at radius 2 is 2.41 bits per heavy atom. The van der Waals surface area contributed by atoms with Crippen molar-refractivity contribution < 1.29 is 9.53 Å². The molecular formula is C13H19NO2S. The number of hydrogen-bond donors (Lipinski definition) is 0. The lowest BCUT2D eigenvalue weighted by Gasteiger charge is -2.26. The molecule has 94 valence electrons. The van der Waals surface area contributed by atoms with Crippen molar-refractivity contribution in [1.29, 1.82) is 0 Å². The Morgan fingerprint density at radius 3 is 2.94 bits per heavy atom. The van der Waals surface area contributed by atoms with E-state index < -0.39 is 0 Å². The van der Waals surface area contributed by atoms with Crippen molar-refractivity contribution in [3.8, 4) is 0 Å². The molecule has 4 heteroatoms. The molecule has 0 amide bonds. The Morgan fingerprint density at radius 1 is 1.65 bits per heavy atom. The van der Waals surface area contributed by atoms with E-state index in [1.807, 2.05) is 13.8 Å². The van der Waals surface area contributed by atoms with Crippen molar-refractivity contribution in [2.45, 2.75) is 45.3 Å². The Hall–Kier alpha value is -0.870. The van der Waals surface area contributed by atoms with E-state index in [9.17, 15) is 4.79 Å². The van der Waals surface area contributed by atoms with Gasteiger partial charge in [0.1, 0.15) is 6.04 Å². The zero-order chi connectivity index (χ0) is 12.3. The quantitative estimate of drug-likeness (QED) is 0.730. The first-order valence-electron chi connectivity index (χ1n) is 6.17. The van der Waals surface area contributed by atoms with E-state index in [2.05, 4.69) is 22.4 Å². The lowest BCUT2D eigenvalue weighted by Crippen LogP contribution is -2.40. The zero-order valence-electron chi connectivity index (χ0n) is 10.4. The second-order valence-electron chi connectivity index (χ2n) is 4.41. The molecule has 0 aromatic carbocycles. The third kappa shape index (κ3) is 3.30. The number of rotatable bonds is 6. The molecule has 1 aliphatic rings. The van der Waals surface area contributed by atoms with Crippen molar-refractivity contribution in [2.75, 3.05) is 6.61 Å². The molecule has 1 aromatic heterocycles. The Kier molecular flexibility index (Phi) is 4.18. The third-order valence-electron chi connectivity index (χ3n) is 3.06. The predicted octanol–water partition coefficient (Wildman–Crippen LogP) is 2.66. The highest BCUT2D eigenvalue weighted by molar-refractivity contribution is 7.09. The van der Waals surface area contributed by atoms with E-state index in [4.69, 9.17) is 4.74 Å². The van der Waals surface area contributed by atoms with Gasteiger partial charge in [-0.2, -0.15) is 0 Å². The minimum atomic E-state index is -0.135. The fourth-order valence-electron chi connectivity index (χ4n) is 1.97. The number of carbonyl (C=O) groups is 1. The average Bonchev–Trinajstić information content (AvgIpc) is 3.03. The average molecular weight is 253 g/mol. The molecule has 0 spiro atoms. The molecule has 0 radical (unpaired) electrons. The maximum absolute atomic E-state index is 11.8. The predicted molar refractivity (Wildman–Crippen MR) is 69.0 cm³/mol. The fourth-order valence-corrected chi connectivity index (χ4v) is 2.68. The summed E-state index contributed by atoms with van der Waals surface area (Å²) in [4.78, 5) is 15.4. The highest BCUT2D eigenvalue weighted by Gasteiger charge is 2.35. The molecule has 2 rings (SSSR count). The van der Waals surface area contributed by atoms with Crippen LogP contribution in [0.5, 0.6) is 0 Å². The monoisotopic (exact) mass is 253 g/mol. The van der Waals surface area contributed by atoms with Crippen LogP contribution >= 0.6 is 11.3 Å². The number of thiophene rings is 1. The van der Waals surface area contributed by atoms with Crippen molar-refractivity contribution in [3.63, 3.8) is 0 Å². The molecule has 1 atom stereocenters. The van der Waals surface area contributed by atoms with E-state index in [-0.39, 0.29) is 12.0 Å². The molecule has 1 aromatic rings. The summed E-state index contributed by atoms with van der Waals surface area (Å²) in [5.41, 5.74) is 0. The maximum atomic E-state index is 11.8. The van der Waals surface area contributed by atoms with Gasteiger partial charge in [0.15, 0.2) is 0 Å². The lowest BCUT2D eigenvalue weighted by molar-refractivity contribution is -0.149. The first-order valence-corrected chi connectivity index (χ1v) is 7.05. The number of esters is 1. The second kappa shape index (κ2) is 5.65. The van der Waals surface area contributed by atoms with E-state index in [0.29, 0.717) is 12.6 Å². The van der Waals surface area contributed by atoms with Crippen LogP contribution in [0.3, 0.4) is 0 Å². The van der Waals surface area contributed by atoms with Gasteiger partial charge in [0.2, 0.25) is 0 Å². The number of nitrogens with zero attached hydrogens (tertiary/aromatic N) is 1. The molecule has 1 heterocycles. The molecule has 1 saturated carbocycles. The normalized spacial score (nSPS) is 17.1. The van der Waals surface area contributed by atoms with Gasteiger partial charge in [-0.15, -0.1) is 11.3 Å². The molecule has 0 saturated heterocycles. The second-order valence-corrected chi connectivity index (χ2v) is 5.44. The zero-order valence-corrected chi connectivity index (χ0v) is 11.2. The first kappa shape index (κ1) is 12.6. The van der Waals surface area contributed by atoms with Gasteiger partial charge in [-0.05, 0) is 38.1 Å². The molecule has 1 fully saturated rings. The summed E-state index contributed by atoms with van der Waals surface area (Å²) in [6, 6.07) is 4.61. The van der Waals surface area contributed by atoms with Gasteiger partial charge in [-0.25, -0.2) is 0 Å². The molecular weight excluding hydrogens is 234 g/mol. The molecule has 0 N–H and O–H groups in total. The van der Waals surface area contributed by atoms with Crippen LogP contribution < -0.4 is 0 Å². The highest BCUT2D eigenvalue weighted by atomic mass is 32.1. The Bertz CT molecular complexity index is 360. The summed E-state index contributed by atoms with van der Waals surface area (Å²) in [5, 5.41) is 2.08. The van der Waals surface area contributed by atoms with Crippen molar-refractivity contribution in [3.05, 3.63) is 22.4 Å². The fraction of sp³-hybridized carbons (Fsp3) is 0.615. The van der Waals surface area contributed by atoms with Crippen LogP contribution in [0.1, 0.15) is 31.6 Å². The minimum Gasteiger partial charge on any atom is -0.465 e. The molecule has 3 nitrogen and oxygen atoms in total. The summed E-state index contributed by atoms with van der Waals surface area (Å²) in [6.45, 7) is 5.12. The number of hydrogen-bond acceptors (Lipinski definition) is 4. The largest absolute Gasteiger partial charge is 0.465 e. The van der Waals surface area contributed by atoms with Crippen LogP contribution in [0, 0.1) is 0 Å². The van der Waals surface area contributed by atoms with Crippen LogP contribution in [-0.4, -0.2) is 29.6 Å². The Labute approximate surface area is 106 Å². The van der Waals surface area contributed by atoms with Crippen molar-refractivity contribution >= 4 is 17.3 Å². The van der Waals surface area contributed by atoms with E-state index >= 15 is 0 Å². The molecule has 17 heavy (non-hydrogen) atoms. The van der Waals surface area contributed by atoms with Crippen LogP contribution in [0.2, 0.25) is 0 Å². The summed E-state index contributed by atoms with van der Waals surface area (Å²) in [7, 11) is 0. The van der Waals surface area contributed by atoms with Gasteiger partial charge in [0, 0.05) is 17.5 Å². The number of carbonyl (C=O) groups excluding carboxylic acids is 1. The lowest BCUT2D eigenvalue weighted by atomic mass is 10.2.